The summed E-state index contributed by atoms with van der Waals surface area (Å²) in [5, 5.41) is 0. The Hall–Kier alpha value is -3.21. The minimum Gasteiger partial charge on any atom is -0.454 e. The van der Waals surface area contributed by atoms with Crippen molar-refractivity contribution >= 4 is 11.8 Å². The highest BCUT2D eigenvalue weighted by Gasteiger charge is 2.18. The van der Waals surface area contributed by atoms with Gasteiger partial charge in [0.2, 0.25) is 5.78 Å². The summed E-state index contributed by atoms with van der Waals surface area (Å²) in [6.07, 6.45) is 0. The second-order valence-corrected chi connectivity index (χ2v) is 7.77. The highest BCUT2D eigenvalue weighted by Crippen LogP contribution is 2.19. The van der Waals surface area contributed by atoms with Crippen LogP contribution in [0.25, 0.3) is 0 Å². The molecular formula is C25H26FNO3. The minimum absolute atomic E-state index is 0.249. The molecule has 156 valence electrons. The van der Waals surface area contributed by atoms with Gasteiger partial charge >= 0.3 is 5.97 Å². The van der Waals surface area contributed by atoms with Crippen LogP contribution in [0.2, 0.25) is 0 Å². The van der Waals surface area contributed by atoms with Crippen molar-refractivity contribution in [1.29, 1.82) is 0 Å². The van der Waals surface area contributed by atoms with Gasteiger partial charge in [-0.3, -0.25) is 4.79 Å². The highest BCUT2D eigenvalue weighted by molar-refractivity contribution is 6.00. The maximum Gasteiger partial charge on any atom is 0.338 e. The van der Waals surface area contributed by atoms with Gasteiger partial charge in [-0.1, -0.05) is 38.1 Å². The Labute approximate surface area is 176 Å². The summed E-state index contributed by atoms with van der Waals surface area (Å²) in [6.45, 7) is 8.15. The van der Waals surface area contributed by atoms with E-state index in [1.165, 1.54) is 12.1 Å². The maximum absolute atomic E-state index is 13.1. The van der Waals surface area contributed by atoms with Crippen LogP contribution in [0.3, 0.4) is 0 Å². The summed E-state index contributed by atoms with van der Waals surface area (Å²) in [5.74, 6) is -0.669. The summed E-state index contributed by atoms with van der Waals surface area (Å²) in [4.78, 5) is 24.9. The lowest BCUT2D eigenvalue weighted by molar-refractivity contribution is 0.0474. The number of nitrogens with zero attached hydrogens (tertiary/aromatic N) is 1. The van der Waals surface area contributed by atoms with Crippen LogP contribution in [-0.4, -0.2) is 22.9 Å². The van der Waals surface area contributed by atoms with E-state index in [0.717, 1.165) is 22.5 Å². The third-order valence-corrected chi connectivity index (χ3v) is 5.28. The molecule has 0 radical (unpaired) electrons. The van der Waals surface area contributed by atoms with Crippen LogP contribution in [0.4, 0.5) is 4.39 Å². The lowest BCUT2D eigenvalue weighted by Crippen LogP contribution is -2.15. The van der Waals surface area contributed by atoms with Crippen molar-refractivity contribution in [1.82, 2.24) is 4.57 Å². The smallest absolute Gasteiger partial charge is 0.338 e. The molecule has 0 aliphatic carbocycles. The molecular weight excluding hydrogens is 381 g/mol. The zero-order valence-corrected chi connectivity index (χ0v) is 17.7. The van der Waals surface area contributed by atoms with Gasteiger partial charge in [0.25, 0.3) is 0 Å². The van der Waals surface area contributed by atoms with Crippen molar-refractivity contribution in [2.24, 2.45) is 0 Å². The number of aromatic nitrogens is 1. The fourth-order valence-electron chi connectivity index (χ4n) is 3.40. The van der Waals surface area contributed by atoms with Gasteiger partial charge in [-0.05, 0) is 61.2 Å². The molecule has 0 saturated carbocycles. The first-order valence-corrected chi connectivity index (χ1v) is 9.97. The van der Waals surface area contributed by atoms with E-state index in [9.17, 15) is 14.0 Å². The number of rotatable bonds is 7. The number of halogens is 1. The van der Waals surface area contributed by atoms with E-state index < -0.39 is 5.97 Å². The van der Waals surface area contributed by atoms with Crippen molar-refractivity contribution in [3.05, 3.63) is 94.1 Å². The zero-order chi connectivity index (χ0) is 21.8. The molecule has 0 fully saturated rings. The van der Waals surface area contributed by atoms with Gasteiger partial charge in [-0.15, -0.1) is 0 Å². The molecule has 0 aliphatic rings. The van der Waals surface area contributed by atoms with Crippen LogP contribution in [0, 0.1) is 19.7 Å². The molecule has 4 nitrogen and oxygen atoms in total. The average Bonchev–Trinajstić information content (AvgIpc) is 3.01. The Kier molecular flexibility index (Phi) is 6.50. The van der Waals surface area contributed by atoms with Crippen molar-refractivity contribution in [2.75, 3.05) is 6.61 Å². The Morgan fingerprint density at radius 2 is 1.63 bits per heavy atom. The average molecular weight is 407 g/mol. The Morgan fingerprint density at radius 1 is 1.00 bits per heavy atom. The molecule has 3 rings (SSSR count). The number of esters is 1. The maximum atomic E-state index is 13.1. The van der Waals surface area contributed by atoms with E-state index in [-0.39, 0.29) is 18.2 Å². The number of ether oxygens (including phenoxy) is 1. The number of hydrogen-bond acceptors (Lipinski definition) is 3. The number of hydrogen-bond donors (Lipinski definition) is 0. The molecule has 0 spiro atoms. The summed E-state index contributed by atoms with van der Waals surface area (Å²) in [6, 6.07) is 15.3. The Balaban J connectivity index is 1.66. The molecule has 0 saturated heterocycles. The van der Waals surface area contributed by atoms with E-state index in [1.54, 1.807) is 30.3 Å². The normalized spacial score (nSPS) is 11.0. The van der Waals surface area contributed by atoms with Crippen molar-refractivity contribution < 1.29 is 18.7 Å². The molecule has 30 heavy (non-hydrogen) atoms. The van der Waals surface area contributed by atoms with Gasteiger partial charge in [0.15, 0.2) is 6.61 Å². The van der Waals surface area contributed by atoms with Gasteiger partial charge in [0.05, 0.1) is 5.56 Å². The van der Waals surface area contributed by atoms with Gasteiger partial charge in [0.1, 0.15) is 5.82 Å². The molecule has 1 heterocycles. The topological polar surface area (TPSA) is 48.3 Å². The fourth-order valence-corrected chi connectivity index (χ4v) is 3.40. The van der Waals surface area contributed by atoms with Crippen LogP contribution in [-0.2, 0) is 11.3 Å². The monoisotopic (exact) mass is 407 g/mol. The molecule has 0 bridgehead atoms. The Morgan fingerprint density at radius 3 is 2.23 bits per heavy atom. The van der Waals surface area contributed by atoms with E-state index >= 15 is 0 Å². The molecule has 5 heteroatoms. The number of Topliss-reactive ketones (excluding diaryl/α,β-unsaturated/α-hetero) is 1. The number of aryl methyl sites for hydroxylation is 1. The lowest BCUT2D eigenvalue weighted by Gasteiger charge is -2.10. The summed E-state index contributed by atoms with van der Waals surface area (Å²) < 4.78 is 20.4. The Bertz CT molecular complexity index is 1050. The van der Waals surface area contributed by atoms with Gasteiger partial charge in [-0.25, -0.2) is 9.18 Å². The van der Waals surface area contributed by atoms with Gasteiger partial charge < -0.3 is 9.30 Å². The van der Waals surface area contributed by atoms with E-state index in [0.29, 0.717) is 23.6 Å². The van der Waals surface area contributed by atoms with Crippen molar-refractivity contribution in [2.45, 2.75) is 40.2 Å². The van der Waals surface area contributed by atoms with Crippen LogP contribution >= 0.6 is 0 Å². The van der Waals surface area contributed by atoms with Crippen LogP contribution in [0.5, 0.6) is 0 Å². The van der Waals surface area contributed by atoms with Crippen molar-refractivity contribution in [3.8, 4) is 0 Å². The first kappa shape index (κ1) is 21.5. The predicted octanol–water partition coefficient (Wildman–Crippen LogP) is 5.46. The first-order valence-electron chi connectivity index (χ1n) is 9.97. The number of ketones is 1. The van der Waals surface area contributed by atoms with Crippen LogP contribution < -0.4 is 0 Å². The molecule has 2 aromatic carbocycles. The summed E-state index contributed by atoms with van der Waals surface area (Å²) in [7, 11) is 0. The van der Waals surface area contributed by atoms with E-state index in [2.05, 4.69) is 13.8 Å². The molecule has 0 amide bonds. The van der Waals surface area contributed by atoms with Crippen LogP contribution in [0.15, 0.2) is 54.6 Å². The zero-order valence-electron chi connectivity index (χ0n) is 17.7. The first-order chi connectivity index (χ1) is 14.3. The van der Waals surface area contributed by atoms with E-state index in [1.807, 2.05) is 30.5 Å². The van der Waals surface area contributed by atoms with Gasteiger partial charge in [-0.2, -0.15) is 0 Å². The summed E-state index contributed by atoms with van der Waals surface area (Å²) >= 11 is 0. The molecule has 0 N–H and O–H groups in total. The molecule has 0 atom stereocenters. The number of carbonyl (C=O) groups excluding carboxylic acids is 2. The van der Waals surface area contributed by atoms with E-state index in [4.69, 9.17) is 4.74 Å². The second-order valence-electron chi connectivity index (χ2n) is 7.77. The third-order valence-electron chi connectivity index (χ3n) is 5.28. The quantitative estimate of drug-likeness (QED) is 0.386. The largest absolute Gasteiger partial charge is 0.454 e. The number of carbonyl (C=O) groups is 2. The standard InChI is InChI=1S/C25H26FNO3/c1-16(2)20-7-9-21(10-8-20)25(29)30-15-24(28)23-13-17(3)27(18(23)4)14-19-5-11-22(26)12-6-19/h5-13,16H,14-15H2,1-4H3. The highest BCUT2D eigenvalue weighted by atomic mass is 19.1. The predicted molar refractivity (Wildman–Crippen MR) is 115 cm³/mol. The molecule has 3 aromatic rings. The minimum atomic E-state index is -0.515. The SMILES string of the molecule is Cc1cc(C(=O)COC(=O)c2ccc(C(C)C)cc2)c(C)n1Cc1ccc(F)cc1. The summed E-state index contributed by atoms with van der Waals surface area (Å²) in [5.41, 5.74) is 4.73. The van der Waals surface area contributed by atoms with Gasteiger partial charge in [0, 0.05) is 23.5 Å². The van der Waals surface area contributed by atoms with Crippen molar-refractivity contribution in [3.63, 3.8) is 0 Å². The molecule has 0 aliphatic heterocycles. The third kappa shape index (κ3) is 4.85. The second kappa shape index (κ2) is 9.08. The lowest BCUT2D eigenvalue weighted by atomic mass is 10.0. The molecule has 0 unspecified atom stereocenters. The number of benzene rings is 2. The molecule has 1 aromatic heterocycles. The van der Waals surface area contributed by atoms with Crippen LogP contribution in [0.1, 0.15) is 63.0 Å². The fraction of sp³-hybridized carbons (Fsp3) is 0.280.